The zero-order chi connectivity index (χ0) is 13.5. The number of nitrogens with one attached hydrogen (secondary N) is 1. The first-order valence-electron chi connectivity index (χ1n) is 6.10. The number of nitrogens with two attached hydrogens (primary N) is 1. The van der Waals surface area contributed by atoms with E-state index in [1.54, 1.807) is 0 Å². The minimum Gasteiger partial charge on any atom is -0.384 e. The normalized spacial score (nSPS) is 10.6. The predicted molar refractivity (Wildman–Crippen MR) is 89.2 cm³/mol. The Labute approximate surface area is 125 Å². The summed E-state index contributed by atoms with van der Waals surface area (Å²) in [7, 11) is 0. The van der Waals surface area contributed by atoms with Gasteiger partial charge in [-0.25, -0.2) is 0 Å². The molecule has 0 saturated heterocycles. The minimum absolute atomic E-state index is 0. The molecule has 0 unspecified atom stereocenters. The summed E-state index contributed by atoms with van der Waals surface area (Å²) in [5.41, 5.74) is 8.42. The van der Waals surface area contributed by atoms with Gasteiger partial charge in [0, 0.05) is 5.56 Å². The Kier molecular flexibility index (Phi) is 6.27. The lowest BCUT2D eigenvalue weighted by Crippen LogP contribution is -2.10. The fourth-order valence-corrected chi connectivity index (χ4v) is 1.67. The molecule has 0 radical (unpaired) electrons. The van der Waals surface area contributed by atoms with Crippen LogP contribution in [0.4, 0.5) is 0 Å². The summed E-state index contributed by atoms with van der Waals surface area (Å²) >= 11 is 0. The number of nitrogen functional groups attached to an aromatic ring is 1. The van der Waals surface area contributed by atoms with Crippen molar-refractivity contribution in [1.82, 2.24) is 0 Å². The number of halogens is 1. The van der Waals surface area contributed by atoms with Crippen molar-refractivity contribution in [1.29, 1.82) is 5.41 Å². The molecule has 2 aromatic carbocycles. The van der Waals surface area contributed by atoms with Gasteiger partial charge >= 0.3 is 0 Å². The van der Waals surface area contributed by atoms with Crippen LogP contribution in [0.1, 0.15) is 16.7 Å². The van der Waals surface area contributed by atoms with Crippen LogP contribution in [0.3, 0.4) is 0 Å². The largest absolute Gasteiger partial charge is 0.384 e. The summed E-state index contributed by atoms with van der Waals surface area (Å²) in [6, 6.07) is 17.8. The Morgan fingerprint density at radius 2 is 1.30 bits per heavy atom. The first kappa shape index (κ1) is 15.7. The molecule has 0 saturated carbocycles. The van der Waals surface area contributed by atoms with Crippen LogP contribution in [0.15, 0.2) is 66.7 Å². The molecule has 0 fully saturated rings. The van der Waals surface area contributed by atoms with E-state index in [0.717, 1.165) is 11.1 Å². The lowest BCUT2D eigenvalue weighted by Gasteiger charge is -1.97. The molecule has 2 rings (SSSR count). The van der Waals surface area contributed by atoms with Crippen LogP contribution in [-0.4, -0.2) is 5.84 Å². The molecule has 2 aromatic rings. The molecule has 0 atom stereocenters. The monoisotopic (exact) mass is 284 g/mol. The first-order chi connectivity index (χ1) is 9.25. The Morgan fingerprint density at radius 3 is 1.80 bits per heavy atom. The van der Waals surface area contributed by atoms with E-state index in [1.165, 1.54) is 5.56 Å². The molecule has 0 aliphatic carbocycles. The standard InChI is InChI=1S/C17H16N2.ClH/c18-17(19)16-12-10-15(11-13-16)9-5-4-8-14-6-2-1-3-7-14;/h1-13H,(H3,18,19);1H. The van der Waals surface area contributed by atoms with E-state index < -0.39 is 0 Å². The highest BCUT2D eigenvalue weighted by molar-refractivity contribution is 5.95. The average molecular weight is 285 g/mol. The van der Waals surface area contributed by atoms with Crippen molar-refractivity contribution in [2.24, 2.45) is 5.73 Å². The van der Waals surface area contributed by atoms with Gasteiger partial charge in [0.15, 0.2) is 0 Å². The molecule has 0 bridgehead atoms. The van der Waals surface area contributed by atoms with Gasteiger partial charge in [-0.1, -0.05) is 78.9 Å². The molecule has 2 nitrogen and oxygen atoms in total. The molecule has 0 aliphatic rings. The highest BCUT2D eigenvalue weighted by Gasteiger charge is 1.93. The maximum Gasteiger partial charge on any atom is 0.122 e. The maximum atomic E-state index is 7.32. The molecule has 20 heavy (non-hydrogen) atoms. The zero-order valence-corrected chi connectivity index (χ0v) is 11.8. The number of rotatable bonds is 4. The van der Waals surface area contributed by atoms with Crippen molar-refractivity contribution >= 4 is 30.4 Å². The van der Waals surface area contributed by atoms with Gasteiger partial charge in [-0.3, -0.25) is 5.41 Å². The Morgan fingerprint density at radius 1 is 0.800 bits per heavy atom. The van der Waals surface area contributed by atoms with Gasteiger partial charge in [0.2, 0.25) is 0 Å². The third-order valence-corrected chi connectivity index (χ3v) is 2.71. The number of hydrogen-bond acceptors (Lipinski definition) is 1. The van der Waals surface area contributed by atoms with Gasteiger partial charge in [0.1, 0.15) is 5.84 Å². The number of amidine groups is 1. The van der Waals surface area contributed by atoms with Crippen LogP contribution in [0, 0.1) is 5.41 Å². The lowest BCUT2D eigenvalue weighted by molar-refractivity contribution is 1.42. The molecular formula is C17H17ClN2. The lowest BCUT2D eigenvalue weighted by atomic mass is 10.1. The van der Waals surface area contributed by atoms with Crippen molar-refractivity contribution < 1.29 is 0 Å². The number of allylic oxidation sites excluding steroid dienone is 2. The van der Waals surface area contributed by atoms with E-state index >= 15 is 0 Å². The molecule has 102 valence electrons. The predicted octanol–water partition coefficient (Wildman–Crippen LogP) is 4.12. The van der Waals surface area contributed by atoms with Crippen LogP contribution in [-0.2, 0) is 0 Å². The molecule has 3 heteroatoms. The van der Waals surface area contributed by atoms with Gasteiger partial charge < -0.3 is 5.73 Å². The van der Waals surface area contributed by atoms with E-state index in [0.29, 0.717) is 0 Å². The summed E-state index contributed by atoms with van der Waals surface area (Å²) < 4.78 is 0. The van der Waals surface area contributed by atoms with Crippen LogP contribution < -0.4 is 5.73 Å². The van der Waals surface area contributed by atoms with E-state index in [2.05, 4.69) is 18.2 Å². The average Bonchev–Trinajstić information content (AvgIpc) is 2.45. The van der Waals surface area contributed by atoms with E-state index in [1.807, 2.05) is 60.7 Å². The van der Waals surface area contributed by atoms with Crippen molar-refractivity contribution in [2.45, 2.75) is 0 Å². The summed E-state index contributed by atoms with van der Waals surface area (Å²) in [5, 5.41) is 7.32. The maximum absolute atomic E-state index is 7.32. The second kappa shape index (κ2) is 7.97. The summed E-state index contributed by atoms with van der Waals surface area (Å²) in [6.07, 6.45) is 8.08. The van der Waals surface area contributed by atoms with Gasteiger partial charge in [-0.15, -0.1) is 12.4 Å². The second-order valence-electron chi connectivity index (χ2n) is 4.16. The quantitative estimate of drug-likeness (QED) is 0.495. The Balaban J connectivity index is 0.00000200. The molecule has 3 N–H and O–H groups in total. The fourth-order valence-electron chi connectivity index (χ4n) is 1.67. The highest BCUT2D eigenvalue weighted by atomic mass is 35.5. The van der Waals surface area contributed by atoms with Crippen LogP contribution in [0.5, 0.6) is 0 Å². The molecule has 0 spiro atoms. The van der Waals surface area contributed by atoms with E-state index in [4.69, 9.17) is 11.1 Å². The van der Waals surface area contributed by atoms with E-state index in [-0.39, 0.29) is 18.2 Å². The highest BCUT2D eigenvalue weighted by Crippen LogP contribution is 2.06. The van der Waals surface area contributed by atoms with Crippen LogP contribution in [0.25, 0.3) is 12.2 Å². The number of hydrogen-bond donors (Lipinski definition) is 2. The van der Waals surface area contributed by atoms with Crippen LogP contribution in [0.2, 0.25) is 0 Å². The summed E-state index contributed by atoms with van der Waals surface area (Å²) in [5.74, 6) is 0.0968. The molecule has 0 aliphatic heterocycles. The second-order valence-corrected chi connectivity index (χ2v) is 4.16. The Bertz CT molecular complexity index is 599. The zero-order valence-electron chi connectivity index (χ0n) is 11.0. The minimum atomic E-state index is 0. The first-order valence-corrected chi connectivity index (χ1v) is 6.10. The molecular weight excluding hydrogens is 268 g/mol. The smallest absolute Gasteiger partial charge is 0.122 e. The van der Waals surface area contributed by atoms with Gasteiger partial charge in [-0.2, -0.15) is 0 Å². The van der Waals surface area contributed by atoms with Crippen molar-refractivity contribution in [3.63, 3.8) is 0 Å². The van der Waals surface area contributed by atoms with Gasteiger partial charge in [0.25, 0.3) is 0 Å². The molecule has 0 aromatic heterocycles. The van der Waals surface area contributed by atoms with Gasteiger partial charge in [-0.05, 0) is 11.1 Å². The summed E-state index contributed by atoms with van der Waals surface area (Å²) in [6.45, 7) is 0. The third kappa shape index (κ3) is 4.75. The van der Waals surface area contributed by atoms with Crippen molar-refractivity contribution in [3.8, 4) is 0 Å². The fraction of sp³-hybridized carbons (Fsp3) is 0. The summed E-state index contributed by atoms with van der Waals surface area (Å²) in [4.78, 5) is 0. The Hall–Kier alpha value is -2.32. The topological polar surface area (TPSA) is 49.9 Å². The van der Waals surface area contributed by atoms with Crippen LogP contribution >= 0.6 is 12.4 Å². The van der Waals surface area contributed by atoms with Gasteiger partial charge in [0.05, 0.1) is 0 Å². The number of benzene rings is 2. The molecule has 0 amide bonds. The molecule has 0 heterocycles. The van der Waals surface area contributed by atoms with E-state index in [9.17, 15) is 0 Å². The SMILES string of the molecule is Cl.N=C(N)c1ccc(C=CC=Cc2ccccc2)cc1. The third-order valence-electron chi connectivity index (χ3n) is 2.71. The van der Waals surface area contributed by atoms with Crippen molar-refractivity contribution in [3.05, 3.63) is 83.4 Å². The van der Waals surface area contributed by atoms with Crippen molar-refractivity contribution in [2.75, 3.05) is 0 Å².